The number of ether oxygens (including phenoxy) is 2. The van der Waals surface area contributed by atoms with Crippen LogP contribution in [-0.4, -0.2) is 39.9 Å². The van der Waals surface area contributed by atoms with Crippen LogP contribution in [0.15, 0.2) is 133 Å². The highest BCUT2D eigenvalue weighted by atomic mass is 35.5. The van der Waals surface area contributed by atoms with Gasteiger partial charge in [0, 0.05) is 25.1 Å². The van der Waals surface area contributed by atoms with Gasteiger partial charge >= 0.3 is 5.97 Å². The first-order chi connectivity index (χ1) is 29.1. The highest BCUT2D eigenvalue weighted by Crippen LogP contribution is 2.40. The molecule has 2 amide bonds. The van der Waals surface area contributed by atoms with Crippen molar-refractivity contribution < 1.29 is 29.0 Å². The van der Waals surface area contributed by atoms with Gasteiger partial charge in [0.25, 0.3) is 5.91 Å². The maximum absolute atomic E-state index is 14.2. The molecule has 0 aromatic heterocycles. The highest BCUT2D eigenvalue weighted by Gasteiger charge is 2.36. The van der Waals surface area contributed by atoms with Crippen molar-refractivity contribution in [1.29, 1.82) is 5.26 Å². The number of aliphatic carboxylic acids is 1. The lowest BCUT2D eigenvalue weighted by Gasteiger charge is -2.37. The molecule has 0 saturated heterocycles. The Morgan fingerprint density at radius 2 is 1.55 bits per heavy atom. The number of fused-ring (bicyclic) bond motifs is 2. The van der Waals surface area contributed by atoms with Gasteiger partial charge < -0.3 is 25.2 Å². The molecule has 2 unspecified atom stereocenters. The van der Waals surface area contributed by atoms with Crippen molar-refractivity contribution in [3.05, 3.63) is 182 Å². The van der Waals surface area contributed by atoms with Crippen molar-refractivity contribution >= 4 is 46.7 Å². The molecule has 12 heteroatoms. The molecule has 2 heterocycles. The van der Waals surface area contributed by atoms with E-state index in [0.717, 1.165) is 38.9 Å². The van der Waals surface area contributed by atoms with Crippen LogP contribution in [0.25, 0.3) is 11.1 Å². The summed E-state index contributed by atoms with van der Waals surface area (Å²) in [4.78, 5) is 42.2. The van der Waals surface area contributed by atoms with Crippen LogP contribution in [0.3, 0.4) is 0 Å². The largest absolute Gasteiger partial charge is 0.489 e. The van der Waals surface area contributed by atoms with Gasteiger partial charge in [0.05, 0.1) is 33.4 Å². The van der Waals surface area contributed by atoms with Crippen molar-refractivity contribution in [1.82, 2.24) is 10.2 Å². The third kappa shape index (κ3) is 9.14. The molecule has 8 rings (SSSR count). The number of nitriles is 1. The molecule has 10 nitrogen and oxygen atoms in total. The molecule has 6 aromatic rings. The first kappa shape index (κ1) is 40.2. The Bertz CT molecular complexity index is 2600. The van der Waals surface area contributed by atoms with E-state index in [1.807, 2.05) is 89.8 Å². The Balaban J connectivity index is 0.972. The van der Waals surface area contributed by atoms with Crippen LogP contribution in [0.4, 0.5) is 5.69 Å². The van der Waals surface area contributed by atoms with E-state index in [1.54, 1.807) is 48.5 Å². The molecule has 0 bridgehead atoms. The number of benzene rings is 6. The summed E-state index contributed by atoms with van der Waals surface area (Å²) in [6.07, 6.45) is -0.526. The topological polar surface area (TPSA) is 141 Å². The van der Waals surface area contributed by atoms with Gasteiger partial charge in [0.15, 0.2) is 0 Å². The molecule has 0 saturated carbocycles. The van der Waals surface area contributed by atoms with Gasteiger partial charge in [-0.05, 0) is 93.9 Å². The molecular weight excluding hydrogens is 799 g/mol. The third-order valence-corrected chi connectivity index (χ3v) is 11.5. The van der Waals surface area contributed by atoms with Crippen LogP contribution in [0.2, 0.25) is 10.0 Å². The van der Waals surface area contributed by atoms with E-state index in [1.165, 1.54) is 0 Å². The summed E-state index contributed by atoms with van der Waals surface area (Å²) in [6.45, 7) is 1.12. The number of hydrogen-bond acceptors (Lipinski definition) is 7. The number of nitrogens with one attached hydrogen (secondary N) is 2. The average molecular weight is 838 g/mol. The molecular formula is C48H38Cl2N4O6. The van der Waals surface area contributed by atoms with Gasteiger partial charge in [-0.2, -0.15) is 5.26 Å². The van der Waals surface area contributed by atoms with Crippen molar-refractivity contribution in [2.45, 2.75) is 50.7 Å². The minimum absolute atomic E-state index is 0.0865. The number of carboxylic acids is 1. The maximum atomic E-state index is 14.2. The summed E-state index contributed by atoms with van der Waals surface area (Å²) in [5.41, 5.74) is 7.98. The number of hydrogen-bond donors (Lipinski definition) is 3. The summed E-state index contributed by atoms with van der Waals surface area (Å²) >= 11 is 12.2. The van der Waals surface area contributed by atoms with Gasteiger partial charge in [-0.3, -0.25) is 14.5 Å². The van der Waals surface area contributed by atoms with Gasteiger partial charge in [-0.15, -0.1) is 0 Å². The SMILES string of the molecule is N#Cc1ccc(-c2ccc(C[C@H](NC(=O)C3Cc4cc5c(cc4CN3Cc3ccccc3)OC(c3ccc(OCc4ccc(Cl)c(Cl)c4)cc3)C(=O)N5)C(=O)O)cc2)cc1. The van der Waals surface area contributed by atoms with E-state index < -0.39 is 30.1 Å². The summed E-state index contributed by atoms with van der Waals surface area (Å²) in [6, 6.07) is 41.0. The smallest absolute Gasteiger partial charge is 0.326 e. The van der Waals surface area contributed by atoms with E-state index >= 15 is 0 Å². The zero-order valence-corrected chi connectivity index (χ0v) is 33.6. The number of amides is 2. The van der Waals surface area contributed by atoms with Crippen LogP contribution in [-0.2, 0) is 46.9 Å². The first-order valence-electron chi connectivity index (χ1n) is 19.3. The van der Waals surface area contributed by atoms with Crippen LogP contribution < -0.4 is 20.1 Å². The summed E-state index contributed by atoms with van der Waals surface area (Å²) in [7, 11) is 0. The Morgan fingerprint density at radius 1 is 0.850 bits per heavy atom. The van der Waals surface area contributed by atoms with Crippen molar-refractivity contribution in [3.8, 4) is 28.7 Å². The van der Waals surface area contributed by atoms with Crippen molar-refractivity contribution in [2.75, 3.05) is 5.32 Å². The lowest BCUT2D eigenvalue weighted by atomic mass is 9.91. The number of carbonyl (C=O) groups is 3. The monoisotopic (exact) mass is 836 g/mol. The lowest BCUT2D eigenvalue weighted by molar-refractivity contribution is -0.142. The molecule has 0 fully saturated rings. The predicted molar refractivity (Wildman–Crippen MR) is 229 cm³/mol. The predicted octanol–water partition coefficient (Wildman–Crippen LogP) is 8.92. The number of carbonyl (C=O) groups excluding carboxylic acids is 2. The van der Waals surface area contributed by atoms with Crippen molar-refractivity contribution in [3.63, 3.8) is 0 Å². The molecule has 300 valence electrons. The van der Waals surface area contributed by atoms with E-state index in [2.05, 4.69) is 16.7 Å². The summed E-state index contributed by atoms with van der Waals surface area (Å²) in [5, 5.41) is 26.1. The van der Waals surface area contributed by atoms with Crippen LogP contribution in [0.1, 0.15) is 45.0 Å². The summed E-state index contributed by atoms with van der Waals surface area (Å²) in [5.74, 6) is -0.758. The average Bonchev–Trinajstić information content (AvgIpc) is 3.26. The lowest BCUT2D eigenvalue weighted by Crippen LogP contribution is -2.54. The Morgan fingerprint density at radius 3 is 2.23 bits per heavy atom. The zero-order valence-electron chi connectivity index (χ0n) is 32.1. The molecule has 0 aliphatic carbocycles. The van der Waals surface area contributed by atoms with Crippen LogP contribution in [0.5, 0.6) is 11.5 Å². The first-order valence-corrected chi connectivity index (χ1v) is 20.1. The minimum Gasteiger partial charge on any atom is -0.489 e. The fourth-order valence-corrected chi connectivity index (χ4v) is 7.84. The maximum Gasteiger partial charge on any atom is 0.326 e. The van der Waals surface area contributed by atoms with Gasteiger partial charge in [0.1, 0.15) is 24.1 Å². The number of rotatable bonds is 12. The molecule has 2 aliphatic rings. The Labute approximate surface area is 356 Å². The van der Waals surface area contributed by atoms with E-state index in [-0.39, 0.29) is 25.4 Å². The fourth-order valence-electron chi connectivity index (χ4n) is 7.52. The number of anilines is 1. The van der Waals surface area contributed by atoms with Crippen molar-refractivity contribution in [2.24, 2.45) is 0 Å². The summed E-state index contributed by atoms with van der Waals surface area (Å²) < 4.78 is 12.3. The molecule has 2 aliphatic heterocycles. The Hall–Kier alpha value is -6.64. The second kappa shape index (κ2) is 17.7. The van der Waals surface area contributed by atoms with E-state index in [9.17, 15) is 19.5 Å². The van der Waals surface area contributed by atoms with Crippen LogP contribution >= 0.6 is 23.2 Å². The molecule has 3 atom stereocenters. The minimum atomic E-state index is -1.17. The number of carboxylic acid groups (broad SMARTS) is 1. The third-order valence-electron chi connectivity index (χ3n) is 10.7. The Kier molecular flexibility index (Phi) is 11.8. The molecule has 0 spiro atoms. The zero-order chi connectivity index (χ0) is 41.8. The molecule has 3 N–H and O–H groups in total. The normalized spacial score (nSPS) is 16.2. The fraction of sp³-hybridized carbons (Fsp3) is 0.167. The standard InChI is InChI=1S/C48H38Cl2N4O6/c49-39-19-10-32(20-40(39)50)28-59-38-17-15-35(16-18-38)45-47(56)52-41-22-36-23-43(54(26-31-4-2-1-3-5-31)27-37(36)24-44(41)60-45)46(55)53-42(48(57)58)21-29-6-11-33(12-7-29)34-13-8-30(25-51)9-14-34/h1-20,22,24,42-43,45H,21,23,26-28H2,(H,52,56)(H,53,55)(H,57,58)/t42-,43?,45?/m0/s1. The quantitative estimate of drug-likeness (QED) is 0.111. The second-order valence-corrected chi connectivity index (χ2v) is 15.6. The van der Waals surface area contributed by atoms with Crippen LogP contribution in [0, 0.1) is 11.3 Å². The van der Waals surface area contributed by atoms with Gasteiger partial charge in [-0.25, -0.2) is 4.79 Å². The molecule has 60 heavy (non-hydrogen) atoms. The highest BCUT2D eigenvalue weighted by molar-refractivity contribution is 6.42. The van der Waals surface area contributed by atoms with Gasteiger partial charge in [-0.1, -0.05) is 108 Å². The molecule has 6 aromatic carbocycles. The van der Waals surface area contributed by atoms with Gasteiger partial charge in [0.2, 0.25) is 12.0 Å². The number of halogens is 2. The number of nitrogens with zero attached hydrogens (tertiary/aromatic N) is 2. The molecule has 0 radical (unpaired) electrons. The second-order valence-electron chi connectivity index (χ2n) is 14.8. The van der Waals surface area contributed by atoms with E-state index in [0.29, 0.717) is 51.4 Å². The van der Waals surface area contributed by atoms with E-state index in [4.69, 9.17) is 37.9 Å².